The first-order chi connectivity index (χ1) is 6.49. The second kappa shape index (κ2) is 4.65. The summed E-state index contributed by atoms with van der Waals surface area (Å²) in [6.45, 7) is 1.89. The predicted octanol–water partition coefficient (Wildman–Crippen LogP) is 2.70. The highest BCUT2D eigenvalue weighted by atomic mass is 127. The van der Waals surface area contributed by atoms with Gasteiger partial charge in [0.2, 0.25) is 0 Å². The number of esters is 1. The minimum atomic E-state index is -0.515. The zero-order valence-corrected chi connectivity index (χ0v) is 11.9. The third kappa shape index (κ3) is 2.13. The maximum atomic E-state index is 11.3. The summed E-state index contributed by atoms with van der Waals surface area (Å²) >= 11 is 4.13. The lowest BCUT2D eigenvalue weighted by Gasteiger charge is -2.08. The summed E-state index contributed by atoms with van der Waals surface area (Å²) in [5.41, 5.74) is 1.18. The van der Waals surface area contributed by atoms with Crippen LogP contribution in [0, 0.1) is 14.1 Å². The number of methoxy groups -OCH3 is 1. The van der Waals surface area contributed by atoms with E-state index in [1.165, 1.54) is 7.11 Å². The van der Waals surface area contributed by atoms with E-state index in [1.807, 2.05) is 29.5 Å². The lowest BCUT2D eigenvalue weighted by atomic mass is 10.1. The number of benzene rings is 1. The fourth-order valence-corrected chi connectivity index (χ4v) is 2.65. The van der Waals surface area contributed by atoms with Gasteiger partial charge < -0.3 is 9.84 Å². The second-order valence-corrected chi connectivity index (χ2v) is 4.93. The zero-order chi connectivity index (χ0) is 10.9. The van der Waals surface area contributed by atoms with Gasteiger partial charge in [0.1, 0.15) is 11.3 Å². The van der Waals surface area contributed by atoms with E-state index >= 15 is 0 Å². The number of phenols is 1. The molecule has 3 nitrogen and oxygen atoms in total. The summed E-state index contributed by atoms with van der Waals surface area (Å²) in [6.07, 6.45) is 0. The van der Waals surface area contributed by atoms with Crippen molar-refractivity contribution < 1.29 is 14.6 Å². The summed E-state index contributed by atoms with van der Waals surface area (Å²) in [5.74, 6) is -0.520. The van der Waals surface area contributed by atoms with E-state index in [9.17, 15) is 9.90 Å². The largest absolute Gasteiger partial charge is 0.506 e. The maximum absolute atomic E-state index is 11.3. The Morgan fingerprint density at radius 3 is 2.57 bits per heavy atom. The van der Waals surface area contributed by atoms with Gasteiger partial charge in [0.05, 0.1) is 10.7 Å². The molecule has 1 rings (SSSR count). The van der Waals surface area contributed by atoms with Crippen molar-refractivity contribution in [2.45, 2.75) is 6.92 Å². The molecule has 0 atom stereocenters. The van der Waals surface area contributed by atoms with E-state index < -0.39 is 5.97 Å². The van der Waals surface area contributed by atoms with E-state index in [0.717, 1.165) is 9.13 Å². The number of carbonyl (C=O) groups excluding carboxylic acids is 1. The number of hydrogen-bond acceptors (Lipinski definition) is 3. The molecule has 1 aromatic carbocycles. The van der Waals surface area contributed by atoms with Crippen LogP contribution in [0.1, 0.15) is 15.9 Å². The molecule has 0 radical (unpaired) electrons. The maximum Gasteiger partial charge on any atom is 0.341 e. The van der Waals surface area contributed by atoms with Crippen LogP contribution in [0.15, 0.2) is 6.07 Å². The second-order valence-electron chi connectivity index (χ2n) is 2.69. The Balaban J connectivity index is 3.40. The minimum absolute atomic E-state index is 0.00429. The minimum Gasteiger partial charge on any atom is -0.506 e. The van der Waals surface area contributed by atoms with Gasteiger partial charge >= 0.3 is 5.97 Å². The summed E-state index contributed by atoms with van der Waals surface area (Å²) in [5, 5.41) is 9.69. The molecule has 0 aliphatic carbocycles. The van der Waals surface area contributed by atoms with Crippen LogP contribution in [-0.4, -0.2) is 18.2 Å². The third-order valence-corrected chi connectivity index (χ3v) is 4.27. The molecule has 0 saturated carbocycles. The fraction of sp³-hybridized carbons (Fsp3) is 0.222. The summed E-state index contributed by atoms with van der Waals surface area (Å²) in [4.78, 5) is 11.3. The van der Waals surface area contributed by atoms with E-state index in [0.29, 0.717) is 3.57 Å². The fourth-order valence-electron chi connectivity index (χ4n) is 0.970. The molecule has 0 fully saturated rings. The molecular formula is C9H8I2O3. The summed E-state index contributed by atoms with van der Waals surface area (Å²) in [6, 6.07) is 1.62. The molecule has 0 saturated heterocycles. The molecule has 0 heterocycles. The molecule has 0 aromatic heterocycles. The van der Waals surface area contributed by atoms with Gasteiger partial charge in [0.25, 0.3) is 0 Å². The van der Waals surface area contributed by atoms with Gasteiger partial charge in [-0.05, 0) is 63.7 Å². The Kier molecular flexibility index (Phi) is 3.99. The Labute approximate surface area is 109 Å². The van der Waals surface area contributed by atoms with Crippen LogP contribution in [-0.2, 0) is 4.74 Å². The topological polar surface area (TPSA) is 46.5 Å². The first-order valence-electron chi connectivity index (χ1n) is 3.75. The Morgan fingerprint density at radius 1 is 1.50 bits per heavy atom. The number of halogens is 2. The normalized spacial score (nSPS) is 10.0. The average Bonchev–Trinajstić information content (AvgIpc) is 2.19. The van der Waals surface area contributed by atoms with Crippen molar-refractivity contribution in [2.75, 3.05) is 7.11 Å². The molecule has 1 N–H and O–H groups in total. The van der Waals surface area contributed by atoms with Crippen LogP contribution in [0.25, 0.3) is 0 Å². The summed E-state index contributed by atoms with van der Waals surface area (Å²) in [7, 11) is 1.29. The molecule has 0 amide bonds. The quantitative estimate of drug-likeness (QED) is 0.564. The van der Waals surface area contributed by atoms with Crippen LogP contribution in [0.5, 0.6) is 5.75 Å². The van der Waals surface area contributed by atoms with Crippen LogP contribution < -0.4 is 0 Å². The Bertz CT molecular complexity index is 388. The molecule has 76 valence electrons. The lowest BCUT2D eigenvalue weighted by molar-refractivity contribution is 0.0597. The Morgan fingerprint density at radius 2 is 2.07 bits per heavy atom. The van der Waals surface area contributed by atoms with Crippen molar-refractivity contribution in [3.05, 3.63) is 24.3 Å². The number of phenolic OH excluding ortho intramolecular Hbond substituents is 1. The summed E-state index contributed by atoms with van der Waals surface area (Å²) < 4.78 is 6.19. The smallest absolute Gasteiger partial charge is 0.341 e. The predicted molar refractivity (Wildman–Crippen MR) is 69.6 cm³/mol. The number of rotatable bonds is 1. The molecule has 0 spiro atoms. The molecule has 14 heavy (non-hydrogen) atoms. The first kappa shape index (κ1) is 12.0. The van der Waals surface area contributed by atoms with Gasteiger partial charge in [0, 0.05) is 3.57 Å². The van der Waals surface area contributed by atoms with E-state index in [1.54, 1.807) is 6.07 Å². The van der Waals surface area contributed by atoms with Gasteiger partial charge in [0.15, 0.2) is 0 Å². The van der Waals surface area contributed by atoms with Crippen LogP contribution in [0.3, 0.4) is 0 Å². The van der Waals surface area contributed by atoms with Gasteiger partial charge in [-0.1, -0.05) is 0 Å². The first-order valence-corrected chi connectivity index (χ1v) is 5.90. The highest BCUT2D eigenvalue weighted by Crippen LogP contribution is 2.31. The van der Waals surface area contributed by atoms with E-state index in [-0.39, 0.29) is 11.3 Å². The molecular weight excluding hydrogens is 410 g/mol. The number of ether oxygens (including phenoxy) is 1. The standard InChI is InChI=1S/C9H8I2O3/c1-4-6(10)3-5(9(13)14-2)8(12)7(4)11/h3,12H,1-2H3. The van der Waals surface area contributed by atoms with Gasteiger partial charge in [-0.25, -0.2) is 4.79 Å². The number of carbonyl (C=O) groups is 1. The third-order valence-electron chi connectivity index (χ3n) is 1.83. The van der Waals surface area contributed by atoms with Crippen molar-refractivity contribution in [2.24, 2.45) is 0 Å². The molecule has 0 aliphatic heterocycles. The van der Waals surface area contributed by atoms with Crippen LogP contribution in [0.2, 0.25) is 0 Å². The highest BCUT2D eigenvalue weighted by molar-refractivity contribution is 14.1. The van der Waals surface area contributed by atoms with Crippen molar-refractivity contribution in [1.29, 1.82) is 0 Å². The number of aromatic hydroxyl groups is 1. The molecule has 5 heteroatoms. The monoisotopic (exact) mass is 418 g/mol. The van der Waals surface area contributed by atoms with Crippen molar-refractivity contribution >= 4 is 51.2 Å². The van der Waals surface area contributed by atoms with Gasteiger partial charge in [-0.2, -0.15) is 0 Å². The molecule has 0 unspecified atom stereocenters. The number of hydrogen-bond donors (Lipinski definition) is 1. The lowest BCUT2D eigenvalue weighted by Crippen LogP contribution is -2.04. The van der Waals surface area contributed by atoms with Crippen molar-refractivity contribution in [1.82, 2.24) is 0 Å². The van der Waals surface area contributed by atoms with Crippen molar-refractivity contribution in [3.8, 4) is 5.75 Å². The zero-order valence-electron chi connectivity index (χ0n) is 7.60. The molecule has 1 aromatic rings. The SMILES string of the molecule is COC(=O)c1cc(I)c(C)c(I)c1O. The van der Waals surface area contributed by atoms with Gasteiger partial charge in [-0.15, -0.1) is 0 Å². The van der Waals surface area contributed by atoms with E-state index in [2.05, 4.69) is 27.3 Å². The van der Waals surface area contributed by atoms with E-state index in [4.69, 9.17) is 0 Å². The highest BCUT2D eigenvalue weighted by Gasteiger charge is 2.17. The van der Waals surface area contributed by atoms with Crippen LogP contribution >= 0.6 is 45.2 Å². The van der Waals surface area contributed by atoms with Gasteiger partial charge in [-0.3, -0.25) is 0 Å². The van der Waals surface area contributed by atoms with Crippen LogP contribution in [0.4, 0.5) is 0 Å². The van der Waals surface area contributed by atoms with Crippen molar-refractivity contribution in [3.63, 3.8) is 0 Å². The molecule has 0 aliphatic rings. The molecule has 0 bridgehead atoms. The Hall–Kier alpha value is -0.0500. The average molecular weight is 418 g/mol.